The molecule has 3 nitrogen and oxygen atoms in total. The zero-order valence-corrected chi connectivity index (χ0v) is 9.92. The van der Waals surface area contributed by atoms with Crippen LogP contribution in [0.1, 0.15) is 39.5 Å². The quantitative estimate of drug-likeness (QED) is 0.629. The standard InChI is InChI=1S/C12H23NO2/c1-4-7-8-11(6-3)10-13-12(14)15-9-5-2/h5,11H,2,4,6-10H2,1,3H3,(H,13,14). The molecular weight excluding hydrogens is 190 g/mol. The summed E-state index contributed by atoms with van der Waals surface area (Å²) in [5.41, 5.74) is 0. The van der Waals surface area contributed by atoms with Crippen LogP contribution < -0.4 is 5.32 Å². The van der Waals surface area contributed by atoms with Gasteiger partial charge in [0.15, 0.2) is 0 Å². The molecule has 1 N–H and O–H groups in total. The molecule has 0 aliphatic carbocycles. The molecule has 3 heteroatoms. The lowest BCUT2D eigenvalue weighted by molar-refractivity contribution is 0.156. The summed E-state index contributed by atoms with van der Waals surface area (Å²) in [6.45, 7) is 8.80. The number of carbonyl (C=O) groups excluding carboxylic acids is 1. The van der Waals surface area contributed by atoms with Crippen molar-refractivity contribution in [3.05, 3.63) is 12.7 Å². The second-order valence-electron chi connectivity index (χ2n) is 3.68. The highest BCUT2D eigenvalue weighted by molar-refractivity contribution is 5.67. The van der Waals surface area contributed by atoms with Crippen molar-refractivity contribution in [3.8, 4) is 0 Å². The Morgan fingerprint density at radius 1 is 1.53 bits per heavy atom. The minimum absolute atomic E-state index is 0.275. The van der Waals surface area contributed by atoms with Crippen LogP contribution in [0.5, 0.6) is 0 Å². The maximum absolute atomic E-state index is 11.1. The van der Waals surface area contributed by atoms with Crippen LogP contribution in [0.4, 0.5) is 4.79 Å². The molecule has 1 unspecified atom stereocenters. The first-order chi connectivity index (χ1) is 7.24. The van der Waals surface area contributed by atoms with E-state index in [4.69, 9.17) is 4.74 Å². The zero-order valence-electron chi connectivity index (χ0n) is 9.92. The topological polar surface area (TPSA) is 38.3 Å². The van der Waals surface area contributed by atoms with Gasteiger partial charge < -0.3 is 10.1 Å². The number of hydrogen-bond donors (Lipinski definition) is 1. The van der Waals surface area contributed by atoms with Gasteiger partial charge in [-0.3, -0.25) is 0 Å². The van der Waals surface area contributed by atoms with E-state index in [1.54, 1.807) is 6.08 Å². The van der Waals surface area contributed by atoms with E-state index in [2.05, 4.69) is 25.7 Å². The Morgan fingerprint density at radius 2 is 2.27 bits per heavy atom. The van der Waals surface area contributed by atoms with Crippen LogP contribution >= 0.6 is 0 Å². The smallest absolute Gasteiger partial charge is 0.407 e. The molecule has 15 heavy (non-hydrogen) atoms. The first-order valence-electron chi connectivity index (χ1n) is 5.76. The van der Waals surface area contributed by atoms with Gasteiger partial charge in [0.05, 0.1) is 0 Å². The van der Waals surface area contributed by atoms with Gasteiger partial charge in [0.1, 0.15) is 6.61 Å². The average Bonchev–Trinajstić information content (AvgIpc) is 2.26. The molecule has 1 atom stereocenters. The third kappa shape index (κ3) is 8.03. The molecule has 0 saturated heterocycles. The lowest BCUT2D eigenvalue weighted by Gasteiger charge is -2.14. The Morgan fingerprint density at radius 3 is 2.80 bits per heavy atom. The molecule has 0 rings (SSSR count). The maximum atomic E-state index is 11.1. The van der Waals surface area contributed by atoms with E-state index in [1.165, 1.54) is 19.3 Å². The van der Waals surface area contributed by atoms with Crippen molar-refractivity contribution in [1.82, 2.24) is 5.32 Å². The van der Waals surface area contributed by atoms with Crippen LogP contribution in [0, 0.1) is 5.92 Å². The van der Waals surface area contributed by atoms with Gasteiger partial charge in [0.2, 0.25) is 0 Å². The fraction of sp³-hybridized carbons (Fsp3) is 0.750. The number of alkyl carbamates (subject to hydrolysis) is 1. The predicted molar refractivity (Wildman–Crippen MR) is 62.9 cm³/mol. The monoisotopic (exact) mass is 213 g/mol. The van der Waals surface area contributed by atoms with E-state index >= 15 is 0 Å². The molecule has 0 aromatic rings. The SMILES string of the molecule is C=CCOC(=O)NCC(CC)CCCC. The first-order valence-corrected chi connectivity index (χ1v) is 5.76. The summed E-state index contributed by atoms with van der Waals surface area (Å²) in [7, 11) is 0. The molecule has 0 radical (unpaired) electrons. The molecule has 0 spiro atoms. The van der Waals surface area contributed by atoms with E-state index in [9.17, 15) is 4.79 Å². The van der Waals surface area contributed by atoms with Crippen molar-refractivity contribution in [2.45, 2.75) is 39.5 Å². The molecular formula is C12H23NO2. The normalized spacial score (nSPS) is 11.9. The minimum Gasteiger partial charge on any atom is -0.445 e. The van der Waals surface area contributed by atoms with E-state index in [1.807, 2.05) is 0 Å². The first kappa shape index (κ1) is 14.0. The largest absolute Gasteiger partial charge is 0.445 e. The molecule has 1 amide bonds. The highest BCUT2D eigenvalue weighted by atomic mass is 16.5. The lowest BCUT2D eigenvalue weighted by Crippen LogP contribution is -2.29. The van der Waals surface area contributed by atoms with Crippen molar-refractivity contribution < 1.29 is 9.53 Å². The zero-order chi connectivity index (χ0) is 11.5. The summed E-state index contributed by atoms with van der Waals surface area (Å²) in [6.07, 6.45) is 5.92. The molecule has 0 aliphatic rings. The van der Waals surface area contributed by atoms with Gasteiger partial charge in [-0.15, -0.1) is 0 Å². The van der Waals surface area contributed by atoms with Gasteiger partial charge in [-0.2, -0.15) is 0 Å². The molecule has 0 aliphatic heterocycles. The third-order valence-electron chi connectivity index (χ3n) is 2.41. The molecule has 0 bridgehead atoms. The summed E-state index contributed by atoms with van der Waals surface area (Å²) in [5.74, 6) is 0.571. The minimum atomic E-state index is -0.343. The van der Waals surface area contributed by atoms with Crippen LogP contribution in [-0.4, -0.2) is 19.2 Å². The van der Waals surface area contributed by atoms with Gasteiger partial charge in [0, 0.05) is 6.54 Å². The van der Waals surface area contributed by atoms with Crippen molar-refractivity contribution >= 4 is 6.09 Å². The third-order valence-corrected chi connectivity index (χ3v) is 2.41. The summed E-state index contributed by atoms with van der Waals surface area (Å²) >= 11 is 0. The van der Waals surface area contributed by atoms with Crippen molar-refractivity contribution in [1.29, 1.82) is 0 Å². The highest BCUT2D eigenvalue weighted by Crippen LogP contribution is 2.11. The average molecular weight is 213 g/mol. The molecule has 0 aromatic carbocycles. The summed E-state index contributed by atoms with van der Waals surface area (Å²) in [6, 6.07) is 0. The predicted octanol–water partition coefficient (Wildman–Crippen LogP) is 3.12. The van der Waals surface area contributed by atoms with Crippen LogP contribution in [0.2, 0.25) is 0 Å². The molecule has 0 heterocycles. The van der Waals surface area contributed by atoms with Crippen LogP contribution in [0.3, 0.4) is 0 Å². The van der Waals surface area contributed by atoms with E-state index in [0.717, 1.165) is 6.42 Å². The number of hydrogen-bond acceptors (Lipinski definition) is 2. The van der Waals surface area contributed by atoms with Crippen LogP contribution in [0.15, 0.2) is 12.7 Å². The number of unbranched alkanes of at least 4 members (excludes halogenated alkanes) is 1. The van der Waals surface area contributed by atoms with Gasteiger partial charge in [-0.05, 0) is 12.3 Å². The van der Waals surface area contributed by atoms with Gasteiger partial charge in [0.25, 0.3) is 0 Å². The Balaban J connectivity index is 3.59. The highest BCUT2D eigenvalue weighted by Gasteiger charge is 2.07. The van der Waals surface area contributed by atoms with Gasteiger partial charge in [-0.25, -0.2) is 4.79 Å². The Bertz CT molecular complexity index is 180. The maximum Gasteiger partial charge on any atom is 0.407 e. The number of rotatable bonds is 8. The fourth-order valence-corrected chi connectivity index (χ4v) is 1.36. The second kappa shape index (κ2) is 9.56. The molecule has 0 aromatic heterocycles. The van der Waals surface area contributed by atoms with Crippen molar-refractivity contribution in [2.24, 2.45) is 5.92 Å². The van der Waals surface area contributed by atoms with E-state index < -0.39 is 0 Å². The van der Waals surface area contributed by atoms with E-state index in [-0.39, 0.29) is 12.7 Å². The lowest BCUT2D eigenvalue weighted by atomic mass is 10.00. The van der Waals surface area contributed by atoms with Gasteiger partial charge in [-0.1, -0.05) is 45.8 Å². The fourth-order valence-electron chi connectivity index (χ4n) is 1.36. The number of nitrogens with one attached hydrogen (secondary N) is 1. The number of amides is 1. The second-order valence-corrected chi connectivity index (χ2v) is 3.68. The molecule has 88 valence electrons. The number of carbonyl (C=O) groups is 1. The Hall–Kier alpha value is -0.990. The van der Waals surface area contributed by atoms with Crippen molar-refractivity contribution in [3.63, 3.8) is 0 Å². The molecule has 0 saturated carbocycles. The van der Waals surface area contributed by atoms with Crippen molar-refractivity contribution in [2.75, 3.05) is 13.2 Å². The van der Waals surface area contributed by atoms with Crippen LogP contribution in [-0.2, 0) is 4.74 Å². The molecule has 0 fully saturated rings. The number of ether oxygens (including phenoxy) is 1. The summed E-state index contributed by atoms with van der Waals surface area (Å²) in [5, 5.41) is 2.77. The Kier molecular flexibility index (Phi) is 8.93. The van der Waals surface area contributed by atoms with Gasteiger partial charge >= 0.3 is 6.09 Å². The van der Waals surface area contributed by atoms with E-state index in [0.29, 0.717) is 12.5 Å². The Labute approximate surface area is 92.9 Å². The summed E-state index contributed by atoms with van der Waals surface area (Å²) in [4.78, 5) is 11.1. The van der Waals surface area contributed by atoms with Crippen LogP contribution in [0.25, 0.3) is 0 Å². The summed E-state index contributed by atoms with van der Waals surface area (Å²) < 4.78 is 4.82.